The van der Waals surface area contributed by atoms with Gasteiger partial charge in [0.15, 0.2) is 0 Å². The van der Waals surface area contributed by atoms with Crippen molar-refractivity contribution in [1.29, 1.82) is 0 Å². The summed E-state index contributed by atoms with van der Waals surface area (Å²) in [5, 5.41) is 0. The predicted molar refractivity (Wildman–Crippen MR) is 79.1 cm³/mol. The lowest BCUT2D eigenvalue weighted by Crippen LogP contribution is -2.48. The molecule has 0 saturated carbocycles. The molecule has 2 aliphatic rings. The number of hydrogen-bond acceptors (Lipinski definition) is 2. The minimum atomic E-state index is 0.283. The molecule has 110 valence electrons. The summed E-state index contributed by atoms with van der Waals surface area (Å²) in [5.41, 5.74) is 0.283. The van der Waals surface area contributed by atoms with Gasteiger partial charge in [-0.2, -0.15) is 0 Å². The number of nitrogens with zero attached hydrogens (tertiary/aromatic N) is 2. The summed E-state index contributed by atoms with van der Waals surface area (Å²) < 4.78 is 0. The second-order valence-electron chi connectivity index (χ2n) is 7.40. The van der Waals surface area contributed by atoms with E-state index in [0.29, 0.717) is 11.9 Å². The van der Waals surface area contributed by atoms with Gasteiger partial charge >= 0.3 is 0 Å². The summed E-state index contributed by atoms with van der Waals surface area (Å²) in [6, 6.07) is 0.430. The van der Waals surface area contributed by atoms with E-state index in [9.17, 15) is 4.79 Å². The molecule has 2 atom stereocenters. The summed E-state index contributed by atoms with van der Waals surface area (Å²) >= 11 is 0. The summed E-state index contributed by atoms with van der Waals surface area (Å²) in [7, 11) is 0. The standard InChI is InChI=1S/C16H30N2O/c1-13(18-10-6-8-15(18)19)11-14-7-5-9-17(12-14)16(2,3)4/h13-14H,5-12H2,1-4H3. The molecule has 19 heavy (non-hydrogen) atoms. The second kappa shape index (κ2) is 5.82. The Bertz CT molecular complexity index is 321. The van der Waals surface area contributed by atoms with Crippen LogP contribution in [0, 0.1) is 5.92 Å². The Kier molecular flexibility index (Phi) is 4.54. The van der Waals surface area contributed by atoms with Crippen LogP contribution in [0.25, 0.3) is 0 Å². The average molecular weight is 266 g/mol. The van der Waals surface area contributed by atoms with E-state index < -0.39 is 0 Å². The van der Waals surface area contributed by atoms with Crippen LogP contribution in [0.2, 0.25) is 0 Å². The number of piperidine rings is 1. The van der Waals surface area contributed by atoms with Gasteiger partial charge < -0.3 is 4.90 Å². The lowest BCUT2D eigenvalue weighted by molar-refractivity contribution is -0.129. The molecule has 2 heterocycles. The third-order valence-corrected chi connectivity index (χ3v) is 4.78. The van der Waals surface area contributed by atoms with Crippen LogP contribution < -0.4 is 0 Å². The van der Waals surface area contributed by atoms with Crippen LogP contribution in [0.5, 0.6) is 0 Å². The minimum Gasteiger partial charge on any atom is -0.340 e. The Hall–Kier alpha value is -0.570. The number of amides is 1. The molecule has 0 bridgehead atoms. The molecule has 2 rings (SSSR count). The summed E-state index contributed by atoms with van der Waals surface area (Å²) in [6.45, 7) is 12.6. The van der Waals surface area contributed by atoms with Gasteiger partial charge in [-0.25, -0.2) is 0 Å². The van der Waals surface area contributed by atoms with Crippen molar-refractivity contribution in [3.8, 4) is 0 Å². The molecular weight excluding hydrogens is 236 g/mol. The first-order chi connectivity index (χ1) is 8.88. The smallest absolute Gasteiger partial charge is 0.222 e. The Labute approximate surface area is 118 Å². The fraction of sp³-hybridized carbons (Fsp3) is 0.938. The Balaban J connectivity index is 1.86. The van der Waals surface area contributed by atoms with Gasteiger partial charge in [0.25, 0.3) is 0 Å². The zero-order valence-electron chi connectivity index (χ0n) is 13.1. The molecule has 3 nitrogen and oxygen atoms in total. The van der Waals surface area contributed by atoms with Crippen molar-refractivity contribution in [2.24, 2.45) is 5.92 Å². The number of likely N-dealkylation sites (tertiary alicyclic amines) is 2. The Morgan fingerprint density at radius 2 is 2.00 bits per heavy atom. The fourth-order valence-corrected chi connectivity index (χ4v) is 3.61. The number of carbonyl (C=O) groups is 1. The summed E-state index contributed by atoms with van der Waals surface area (Å²) in [4.78, 5) is 16.5. The molecule has 2 saturated heterocycles. The van der Waals surface area contributed by atoms with E-state index in [2.05, 4.69) is 37.5 Å². The summed E-state index contributed by atoms with van der Waals surface area (Å²) in [6.07, 6.45) is 5.64. The molecular formula is C16H30N2O. The molecule has 0 spiro atoms. The van der Waals surface area contributed by atoms with E-state index in [1.807, 2.05) is 0 Å². The van der Waals surface area contributed by atoms with Gasteiger partial charge in [0.2, 0.25) is 5.91 Å². The van der Waals surface area contributed by atoms with E-state index in [1.165, 1.54) is 32.4 Å². The monoisotopic (exact) mass is 266 g/mol. The molecule has 2 fully saturated rings. The lowest BCUT2D eigenvalue weighted by Gasteiger charge is -2.42. The Morgan fingerprint density at radius 3 is 2.58 bits per heavy atom. The van der Waals surface area contributed by atoms with Gasteiger partial charge in [0.05, 0.1) is 0 Å². The molecule has 2 aliphatic heterocycles. The quantitative estimate of drug-likeness (QED) is 0.784. The maximum Gasteiger partial charge on any atom is 0.222 e. The molecule has 2 unspecified atom stereocenters. The second-order valence-corrected chi connectivity index (χ2v) is 7.40. The first-order valence-electron chi connectivity index (χ1n) is 7.92. The normalized spacial score (nSPS) is 27.9. The van der Waals surface area contributed by atoms with Crippen LogP contribution in [0.15, 0.2) is 0 Å². The zero-order chi connectivity index (χ0) is 14.0. The lowest BCUT2D eigenvalue weighted by atomic mass is 9.89. The van der Waals surface area contributed by atoms with Crippen molar-refractivity contribution < 1.29 is 4.79 Å². The van der Waals surface area contributed by atoms with Gasteiger partial charge in [0, 0.05) is 31.1 Å². The Morgan fingerprint density at radius 1 is 1.26 bits per heavy atom. The van der Waals surface area contributed by atoms with E-state index in [4.69, 9.17) is 0 Å². The highest BCUT2D eigenvalue weighted by Gasteiger charge is 2.31. The van der Waals surface area contributed by atoms with Gasteiger partial charge in [-0.1, -0.05) is 0 Å². The van der Waals surface area contributed by atoms with Crippen molar-refractivity contribution in [1.82, 2.24) is 9.80 Å². The molecule has 0 aromatic heterocycles. The van der Waals surface area contributed by atoms with E-state index in [-0.39, 0.29) is 5.54 Å². The maximum atomic E-state index is 11.8. The van der Waals surface area contributed by atoms with Crippen LogP contribution in [0.4, 0.5) is 0 Å². The highest BCUT2D eigenvalue weighted by molar-refractivity contribution is 5.78. The number of rotatable bonds is 3. The predicted octanol–water partition coefficient (Wildman–Crippen LogP) is 2.90. The van der Waals surface area contributed by atoms with E-state index in [1.54, 1.807) is 0 Å². The topological polar surface area (TPSA) is 23.6 Å². The highest BCUT2D eigenvalue weighted by Crippen LogP contribution is 2.28. The molecule has 0 radical (unpaired) electrons. The summed E-state index contributed by atoms with van der Waals surface area (Å²) in [5.74, 6) is 1.13. The van der Waals surface area contributed by atoms with Crippen LogP contribution >= 0.6 is 0 Å². The van der Waals surface area contributed by atoms with Gasteiger partial charge in [-0.15, -0.1) is 0 Å². The van der Waals surface area contributed by atoms with Crippen molar-refractivity contribution >= 4 is 5.91 Å². The largest absolute Gasteiger partial charge is 0.340 e. The molecule has 0 aromatic carbocycles. The van der Waals surface area contributed by atoms with E-state index >= 15 is 0 Å². The molecule has 3 heteroatoms. The van der Waals surface area contributed by atoms with Crippen LogP contribution in [-0.2, 0) is 4.79 Å². The van der Waals surface area contributed by atoms with Crippen molar-refractivity contribution in [2.45, 2.75) is 71.4 Å². The molecule has 1 amide bonds. The maximum absolute atomic E-state index is 11.8. The first kappa shape index (κ1) is 14.8. The zero-order valence-corrected chi connectivity index (χ0v) is 13.1. The highest BCUT2D eigenvalue weighted by atomic mass is 16.2. The van der Waals surface area contributed by atoms with Gasteiger partial charge in [-0.05, 0) is 65.8 Å². The number of hydrogen-bond donors (Lipinski definition) is 0. The average Bonchev–Trinajstić information content (AvgIpc) is 2.75. The van der Waals surface area contributed by atoms with Gasteiger partial charge in [-0.3, -0.25) is 9.69 Å². The van der Waals surface area contributed by atoms with Crippen LogP contribution in [-0.4, -0.2) is 46.9 Å². The molecule has 0 aliphatic carbocycles. The van der Waals surface area contributed by atoms with Gasteiger partial charge in [0.1, 0.15) is 0 Å². The van der Waals surface area contributed by atoms with Crippen molar-refractivity contribution in [2.75, 3.05) is 19.6 Å². The van der Waals surface area contributed by atoms with Crippen molar-refractivity contribution in [3.05, 3.63) is 0 Å². The molecule has 0 aromatic rings. The number of carbonyl (C=O) groups excluding carboxylic acids is 1. The fourth-order valence-electron chi connectivity index (χ4n) is 3.61. The third-order valence-electron chi connectivity index (χ3n) is 4.78. The first-order valence-corrected chi connectivity index (χ1v) is 7.92. The minimum absolute atomic E-state index is 0.283. The SMILES string of the molecule is CC(CC1CCCN(C(C)(C)C)C1)N1CCCC1=O. The van der Waals surface area contributed by atoms with Crippen LogP contribution in [0.3, 0.4) is 0 Å². The molecule has 0 N–H and O–H groups in total. The van der Waals surface area contributed by atoms with Crippen molar-refractivity contribution in [3.63, 3.8) is 0 Å². The third kappa shape index (κ3) is 3.71. The van der Waals surface area contributed by atoms with E-state index in [0.717, 1.165) is 25.3 Å². The van der Waals surface area contributed by atoms with Crippen LogP contribution in [0.1, 0.15) is 59.8 Å².